The molecule has 1 heterocycles. The normalized spacial score (nSPS) is 12.5. The van der Waals surface area contributed by atoms with Gasteiger partial charge in [-0.25, -0.2) is 14.5 Å². The molecule has 1 aromatic heterocycles. The molecule has 0 aliphatic heterocycles. The van der Waals surface area contributed by atoms with E-state index in [2.05, 4.69) is 14.7 Å². The van der Waals surface area contributed by atoms with Gasteiger partial charge < -0.3 is 14.4 Å². The van der Waals surface area contributed by atoms with Crippen LogP contribution in [0.3, 0.4) is 0 Å². The Kier molecular flexibility index (Phi) is 6.05. The van der Waals surface area contributed by atoms with Gasteiger partial charge >= 0.3 is 30.2 Å². The van der Waals surface area contributed by atoms with Gasteiger partial charge in [0.05, 0.1) is 6.54 Å². The van der Waals surface area contributed by atoms with E-state index in [9.17, 15) is 36.6 Å². The van der Waals surface area contributed by atoms with Crippen molar-refractivity contribution in [3.63, 3.8) is 0 Å². The molecule has 0 spiro atoms. The molecule has 1 N–H and O–H groups in total. The van der Waals surface area contributed by atoms with Gasteiger partial charge in [-0.1, -0.05) is 29.4 Å². The third-order valence-corrected chi connectivity index (χ3v) is 3.45. The molecule has 30 heavy (non-hydrogen) atoms. The number of ether oxygens (including phenoxy) is 1. The maximum absolute atomic E-state index is 13.2. The monoisotopic (exact) mass is 437 g/mol. The summed E-state index contributed by atoms with van der Waals surface area (Å²) < 4.78 is 72.6. The summed E-state index contributed by atoms with van der Waals surface area (Å²) >= 11 is 0. The van der Waals surface area contributed by atoms with E-state index < -0.39 is 48.1 Å². The highest BCUT2D eigenvalue weighted by molar-refractivity contribution is 5.86. The number of amides is 2. The number of nitrogens with zero attached hydrogens (tertiary/aromatic N) is 3. The summed E-state index contributed by atoms with van der Waals surface area (Å²) in [6.07, 6.45) is -8.57. The van der Waals surface area contributed by atoms with Crippen LogP contribution in [0.25, 0.3) is 11.4 Å². The maximum Gasteiger partial charge on any atom is 0.463 e. The molecule has 13 heteroatoms. The van der Waals surface area contributed by atoms with Crippen molar-refractivity contribution in [3.05, 3.63) is 35.7 Å². The molecule has 0 aliphatic rings. The Hall–Kier alpha value is -3.25. The Bertz CT molecular complexity index is 919. The zero-order valence-electron chi connectivity index (χ0n) is 15.8. The van der Waals surface area contributed by atoms with E-state index in [0.29, 0.717) is 10.5 Å². The molecule has 0 aliphatic carbocycles. The number of carbonyl (C=O) groups excluding carboxylic acids is 1. The highest BCUT2D eigenvalue weighted by atomic mass is 19.4. The topological polar surface area (TPSA) is 106 Å². The molecule has 0 radical (unpaired) electrons. The first-order valence-corrected chi connectivity index (χ1v) is 8.23. The Morgan fingerprint density at radius 3 is 2.13 bits per heavy atom. The molecular formula is C17H16F5N3O5. The summed E-state index contributed by atoms with van der Waals surface area (Å²) in [6.45, 7) is 4.28. The third kappa shape index (κ3) is 5.21. The number of benzene rings is 1. The predicted molar refractivity (Wildman–Crippen MR) is 89.5 cm³/mol. The summed E-state index contributed by atoms with van der Waals surface area (Å²) in [6, 6.07) is 5.11. The number of halogens is 5. The van der Waals surface area contributed by atoms with Crippen LogP contribution in [0.4, 0.5) is 31.5 Å². The first kappa shape index (κ1) is 23.0. The number of rotatable bonds is 4. The van der Waals surface area contributed by atoms with E-state index in [1.54, 1.807) is 20.8 Å². The largest absolute Gasteiger partial charge is 0.465 e. The SMILES string of the molecule is CC(C)(C)OC(=O)N(Cc1ccc(-c2noc(C(F)(F)C(F)(F)F)n2)cc1)C(=O)O. The summed E-state index contributed by atoms with van der Waals surface area (Å²) in [5.41, 5.74) is -0.592. The van der Waals surface area contributed by atoms with E-state index in [0.717, 1.165) is 0 Å². The minimum atomic E-state index is -5.90. The fourth-order valence-electron chi connectivity index (χ4n) is 2.06. The quantitative estimate of drug-likeness (QED) is 0.685. The zero-order chi connectivity index (χ0) is 22.9. The van der Waals surface area contributed by atoms with Crippen molar-refractivity contribution in [2.24, 2.45) is 0 Å². The summed E-state index contributed by atoms with van der Waals surface area (Å²) in [5.74, 6) is -7.74. The Morgan fingerprint density at radius 1 is 1.10 bits per heavy atom. The third-order valence-electron chi connectivity index (χ3n) is 3.45. The highest BCUT2D eigenvalue weighted by Crippen LogP contribution is 2.43. The molecule has 0 atom stereocenters. The summed E-state index contributed by atoms with van der Waals surface area (Å²) in [4.78, 5) is 26.8. The highest BCUT2D eigenvalue weighted by Gasteiger charge is 2.63. The van der Waals surface area contributed by atoms with Crippen LogP contribution in [-0.2, 0) is 17.2 Å². The van der Waals surface area contributed by atoms with Crippen molar-refractivity contribution in [3.8, 4) is 11.4 Å². The smallest absolute Gasteiger partial charge is 0.463 e. The minimum absolute atomic E-state index is 0.0332. The lowest BCUT2D eigenvalue weighted by molar-refractivity contribution is -0.298. The van der Waals surface area contributed by atoms with Crippen molar-refractivity contribution in [2.45, 2.75) is 45.0 Å². The Balaban J connectivity index is 2.19. The summed E-state index contributed by atoms with van der Waals surface area (Å²) in [7, 11) is 0. The van der Waals surface area contributed by atoms with Crippen molar-refractivity contribution in [1.29, 1.82) is 0 Å². The average Bonchev–Trinajstić information content (AvgIpc) is 3.08. The zero-order valence-corrected chi connectivity index (χ0v) is 15.8. The fraction of sp³-hybridized carbons (Fsp3) is 0.412. The number of aromatic nitrogens is 2. The molecule has 0 saturated carbocycles. The molecule has 0 bridgehead atoms. The lowest BCUT2D eigenvalue weighted by Crippen LogP contribution is -2.39. The molecule has 2 amide bonds. The van der Waals surface area contributed by atoms with Gasteiger partial charge in [-0.3, -0.25) is 0 Å². The molecule has 2 rings (SSSR count). The molecule has 8 nitrogen and oxygen atoms in total. The molecule has 0 unspecified atom stereocenters. The van der Waals surface area contributed by atoms with Crippen molar-refractivity contribution in [1.82, 2.24) is 15.0 Å². The lowest BCUT2D eigenvalue weighted by atomic mass is 10.1. The Morgan fingerprint density at radius 2 is 1.67 bits per heavy atom. The molecule has 2 aromatic rings. The standard InChI is InChI=1S/C17H16F5N3O5/c1-15(2,3)29-14(28)25(13(26)27)8-9-4-6-10(7-5-9)11-23-12(30-24-11)16(18,19)17(20,21)22/h4-7H,8H2,1-3H3,(H,26,27). The number of imide groups is 1. The van der Waals surface area contributed by atoms with Crippen LogP contribution in [0.1, 0.15) is 32.2 Å². The summed E-state index contributed by atoms with van der Waals surface area (Å²) in [5, 5.41) is 12.3. The second kappa shape index (κ2) is 7.88. The number of alkyl halides is 5. The van der Waals surface area contributed by atoms with Crippen LogP contribution in [0.15, 0.2) is 28.8 Å². The second-order valence-corrected chi connectivity index (χ2v) is 7.04. The van der Waals surface area contributed by atoms with Crippen molar-refractivity contribution < 1.29 is 45.9 Å². The van der Waals surface area contributed by atoms with Crippen LogP contribution in [-0.4, -0.2) is 44.1 Å². The van der Waals surface area contributed by atoms with Gasteiger partial charge in [-0.05, 0) is 26.3 Å². The van der Waals surface area contributed by atoms with E-state index in [-0.39, 0.29) is 5.56 Å². The van der Waals surface area contributed by atoms with Gasteiger partial charge in [0.25, 0.3) is 0 Å². The van der Waals surface area contributed by atoms with Crippen LogP contribution in [0.5, 0.6) is 0 Å². The van der Waals surface area contributed by atoms with Crippen LogP contribution in [0, 0.1) is 0 Å². The fourth-order valence-corrected chi connectivity index (χ4v) is 2.06. The van der Waals surface area contributed by atoms with Crippen LogP contribution in [0.2, 0.25) is 0 Å². The molecular weight excluding hydrogens is 421 g/mol. The minimum Gasteiger partial charge on any atom is -0.465 e. The van der Waals surface area contributed by atoms with Gasteiger partial charge in [0.15, 0.2) is 0 Å². The Labute approximate surface area is 166 Å². The van der Waals surface area contributed by atoms with Gasteiger partial charge in [0, 0.05) is 5.56 Å². The van der Waals surface area contributed by atoms with Crippen molar-refractivity contribution in [2.75, 3.05) is 0 Å². The number of hydrogen-bond acceptors (Lipinski definition) is 6. The first-order valence-electron chi connectivity index (χ1n) is 8.23. The average molecular weight is 437 g/mol. The number of carbonyl (C=O) groups is 2. The maximum atomic E-state index is 13.2. The van der Waals surface area contributed by atoms with Gasteiger partial charge in [-0.2, -0.15) is 26.9 Å². The number of carboxylic acid groups (broad SMARTS) is 1. The van der Waals surface area contributed by atoms with Crippen LogP contribution >= 0.6 is 0 Å². The van der Waals surface area contributed by atoms with E-state index in [1.807, 2.05) is 0 Å². The van der Waals surface area contributed by atoms with Gasteiger partial charge in [0.2, 0.25) is 5.82 Å². The van der Waals surface area contributed by atoms with E-state index in [1.165, 1.54) is 24.3 Å². The van der Waals surface area contributed by atoms with Gasteiger partial charge in [-0.15, -0.1) is 0 Å². The van der Waals surface area contributed by atoms with E-state index in [4.69, 9.17) is 4.74 Å². The lowest BCUT2D eigenvalue weighted by Gasteiger charge is -2.24. The van der Waals surface area contributed by atoms with Gasteiger partial charge in [0.1, 0.15) is 5.60 Å². The second-order valence-electron chi connectivity index (χ2n) is 7.04. The van der Waals surface area contributed by atoms with Crippen molar-refractivity contribution >= 4 is 12.2 Å². The molecule has 1 aromatic carbocycles. The molecule has 0 saturated heterocycles. The van der Waals surface area contributed by atoms with E-state index >= 15 is 0 Å². The molecule has 0 fully saturated rings. The number of hydrogen-bond donors (Lipinski definition) is 1. The van der Waals surface area contributed by atoms with Crippen LogP contribution < -0.4 is 0 Å². The first-order chi connectivity index (χ1) is 13.6. The predicted octanol–water partition coefficient (Wildman–Crippen LogP) is 4.81. The molecule has 164 valence electrons.